The summed E-state index contributed by atoms with van der Waals surface area (Å²) in [7, 11) is 0. The van der Waals surface area contributed by atoms with Gasteiger partial charge in [-0.3, -0.25) is 14.5 Å². The molecule has 1 saturated carbocycles. The quantitative estimate of drug-likeness (QED) is 0.0898. The summed E-state index contributed by atoms with van der Waals surface area (Å²) in [4.78, 5) is 41.2. The zero-order valence-electron chi connectivity index (χ0n) is 25.0. The summed E-state index contributed by atoms with van der Waals surface area (Å²) in [6, 6.07) is 20.1. The standard InChI is InChI=1S/C35H41BrN2O5/c1-3-30(25-14-11-15-26(20-25)33(39)24-12-7-5-8-13-24)35(41)43-19-18-42-34(40)27-21-28(32(37)31(36)22-27)23-38(4-2)29-16-9-6-10-17-29/h5,7-8,11-15,20-22,29-30H,3-4,6,9-10,16-19,23,37H2,1-2H3. The van der Waals surface area contributed by atoms with Gasteiger partial charge in [0, 0.05) is 28.2 Å². The molecule has 1 unspecified atom stereocenters. The van der Waals surface area contributed by atoms with Crippen LogP contribution < -0.4 is 5.73 Å². The second-order valence-corrected chi connectivity index (χ2v) is 11.8. The topological polar surface area (TPSA) is 98.9 Å². The van der Waals surface area contributed by atoms with Gasteiger partial charge in [0.25, 0.3) is 0 Å². The van der Waals surface area contributed by atoms with Crippen molar-refractivity contribution >= 4 is 39.3 Å². The van der Waals surface area contributed by atoms with Gasteiger partial charge in [0.2, 0.25) is 0 Å². The normalized spacial score (nSPS) is 14.3. The Kier molecular flexibility index (Phi) is 11.9. The molecule has 3 aromatic rings. The number of nitrogens with two attached hydrogens (primary N) is 1. The van der Waals surface area contributed by atoms with E-state index >= 15 is 0 Å². The van der Waals surface area contributed by atoms with Crippen LogP contribution in [-0.2, 0) is 20.8 Å². The van der Waals surface area contributed by atoms with E-state index < -0.39 is 17.9 Å². The predicted molar refractivity (Wildman–Crippen MR) is 172 cm³/mol. The maximum atomic E-state index is 13.0. The molecule has 0 spiro atoms. The highest BCUT2D eigenvalue weighted by Gasteiger charge is 2.24. The van der Waals surface area contributed by atoms with E-state index in [1.807, 2.05) is 31.2 Å². The summed E-state index contributed by atoms with van der Waals surface area (Å²) in [5.74, 6) is -1.58. The molecule has 1 aliphatic carbocycles. The van der Waals surface area contributed by atoms with Crippen molar-refractivity contribution in [2.24, 2.45) is 0 Å². The van der Waals surface area contributed by atoms with E-state index in [9.17, 15) is 14.4 Å². The van der Waals surface area contributed by atoms with Crippen LogP contribution in [0.25, 0.3) is 0 Å². The van der Waals surface area contributed by atoms with Gasteiger partial charge >= 0.3 is 11.9 Å². The number of ketones is 1. The number of nitrogens with zero attached hydrogens (tertiary/aromatic N) is 1. The Bertz CT molecular complexity index is 1400. The molecule has 8 heteroatoms. The van der Waals surface area contributed by atoms with Crippen molar-refractivity contribution in [1.29, 1.82) is 0 Å². The zero-order chi connectivity index (χ0) is 30.8. The highest BCUT2D eigenvalue weighted by molar-refractivity contribution is 9.10. The van der Waals surface area contributed by atoms with Crippen molar-refractivity contribution in [1.82, 2.24) is 4.90 Å². The van der Waals surface area contributed by atoms with E-state index in [0.717, 1.165) is 12.1 Å². The molecule has 0 radical (unpaired) electrons. The molecule has 0 aliphatic heterocycles. The van der Waals surface area contributed by atoms with Crippen LogP contribution in [0.15, 0.2) is 71.2 Å². The van der Waals surface area contributed by atoms with Gasteiger partial charge in [-0.15, -0.1) is 0 Å². The lowest BCUT2D eigenvalue weighted by molar-refractivity contribution is -0.146. The molecule has 1 aliphatic rings. The van der Waals surface area contributed by atoms with E-state index in [1.54, 1.807) is 42.5 Å². The summed E-state index contributed by atoms with van der Waals surface area (Å²) in [6.45, 7) is 5.48. The Labute approximate surface area is 262 Å². The summed E-state index contributed by atoms with van der Waals surface area (Å²) in [6.07, 6.45) is 6.66. The first kappa shape index (κ1) is 32.4. The van der Waals surface area contributed by atoms with Crippen molar-refractivity contribution in [3.8, 4) is 0 Å². The van der Waals surface area contributed by atoms with Gasteiger partial charge in [0.05, 0.1) is 17.2 Å². The molecule has 43 heavy (non-hydrogen) atoms. The third-order valence-electron chi connectivity index (χ3n) is 8.16. The van der Waals surface area contributed by atoms with Crippen molar-refractivity contribution in [2.75, 3.05) is 25.5 Å². The van der Waals surface area contributed by atoms with Crippen LogP contribution in [0.3, 0.4) is 0 Å². The average Bonchev–Trinajstić information content (AvgIpc) is 3.04. The molecule has 0 amide bonds. The fourth-order valence-electron chi connectivity index (χ4n) is 5.74. The minimum absolute atomic E-state index is 0.0714. The molecule has 7 nitrogen and oxygen atoms in total. The first-order valence-corrected chi connectivity index (χ1v) is 16.0. The van der Waals surface area contributed by atoms with Crippen LogP contribution in [0.4, 0.5) is 5.69 Å². The molecular weight excluding hydrogens is 608 g/mol. The van der Waals surface area contributed by atoms with Crippen molar-refractivity contribution in [3.63, 3.8) is 0 Å². The number of esters is 2. The lowest BCUT2D eigenvalue weighted by atomic mass is 9.93. The highest BCUT2D eigenvalue weighted by atomic mass is 79.9. The van der Waals surface area contributed by atoms with E-state index in [-0.39, 0.29) is 19.0 Å². The fourth-order valence-corrected chi connectivity index (χ4v) is 6.24. The van der Waals surface area contributed by atoms with Gasteiger partial charge in [-0.25, -0.2) is 4.79 Å². The zero-order valence-corrected chi connectivity index (χ0v) is 26.6. The number of ether oxygens (including phenoxy) is 2. The molecule has 0 aromatic heterocycles. The first-order valence-electron chi connectivity index (χ1n) is 15.2. The molecular formula is C35H41BrN2O5. The predicted octanol–water partition coefficient (Wildman–Crippen LogP) is 7.31. The second-order valence-electron chi connectivity index (χ2n) is 11.0. The molecule has 0 bridgehead atoms. The minimum atomic E-state index is -0.541. The Morgan fingerprint density at radius 2 is 1.58 bits per heavy atom. The van der Waals surface area contributed by atoms with E-state index in [4.69, 9.17) is 15.2 Å². The van der Waals surface area contributed by atoms with Gasteiger partial charge in [-0.05, 0) is 71.1 Å². The SMILES string of the molecule is CCC(C(=O)OCCOC(=O)c1cc(Br)c(N)c(CN(CC)C2CCCCC2)c1)c1cccc(C(=O)c2ccccc2)c1. The number of nitrogen functional groups attached to an aromatic ring is 1. The Morgan fingerprint density at radius 1 is 0.884 bits per heavy atom. The smallest absolute Gasteiger partial charge is 0.338 e. The Morgan fingerprint density at radius 3 is 2.28 bits per heavy atom. The van der Waals surface area contributed by atoms with Gasteiger partial charge < -0.3 is 15.2 Å². The van der Waals surface area contributed by atoms with E-state index in [2.05, 4.69) is 27.8 Å². The van der Waals surface area contributed by atoms with Crippen LogP contribution in [-0.4, -0.2) is 48.4 Å². The Balaban J connectivity index is 1.33. The van der Waals surface area contributed by atoms with Gasteiger partial charge in [0.15, 0.2) is 5.78 Å². The highest BCUT2D eigenvalue weighted by Crippen LogP contribution is 2.30. The molecule has 0 saturated heterocycles. The maximum absolute atomic E-state index is 13.0. The molecule has 228 valence electrons. The van der Waals surface area contributed by atoms with Gasteiger partial charge in [-0.2, -0.15) is 0 Å². The van der Waals surface area contributed by atoms with Gasteiger partial charge in [-0.1, -0.05) is 81.6 Å². The molecule has 2 N–H and O–H groups in total. The summed E-state index contributed by atoms with van der Waals surface area (Å²) in [5.41, 5.74) is 10.1. The number of hydrogen-bond donors (Lipinski definition) is 1. The number of anilines is 1. The van der Waals surface area contributed by atoms with Crippen LogP contribution in [0.1, 0.15) is 95.7 Å². The lowest BCUT2D eigenvalue weighted by Gasteiger charge is -2.34. The molecule has 4 rings (SSSR count). The van der Waals surface area contributed by atoms with Crippen LogP contribution in [0.2, 0.25) is 0 Å². The molecule has 3 aromatic carbocycles. The average molecular weight is 650 g/mol. The lowest BCUT2D eigenvalue weighted by Crippen LogP contribution is -2.36. The van der Waals surface area contributed by atoms with Crippen LogP contribution in [0, 0.1) is 0 Å². The monoisotopic (exact) mass is 648 g/mol. The molecule has 1 fully saturated rings. The summed E-state index contributed by atoms with van der Waals surface area (Å²) < 4.78 is 11.6. The number of carbonyl (C=O) groups excluding carboxylic acids is 3. The fraction of sp³-hybridized carbons (Fsp3) is 0.400. The van der Waals surface area contributed by atoms with E-state index in [0.29, 0.717) is 51.4 Å². The third-order valence-corrected chi connectivity index (χ3v) is 8.82. The van der Waals surface area contributed by atoms with Crippen LogP contribution in [0.5, 0.6) is 0 Å². The van der Waals surface area contributed by atoms with Crippen molar-refractivity contribution in [2.45, 2.75) is 70.9 Å². The first-order chi connectivity index (χ1) is 20.8. The second kappa shape index (κ2) is 15.8. The number of hydrogen-bond acceptors (Lipinski definition) is 7. The van der Waals surface area contributed by atoms with Crippen LogP contribution >= 0.6 is 15.9 Å². The molecule has 1 atom stereocenters. The van der Waals surface area contributed by atoms with E-state index in [1.165, 1.54) is 32.1 Å². The largest absolute Gasteiger partial charge is 0.462 e. The summed E-state index contributed by atoms with van der Waals surface area (Å²) >= 11 is 3.51. The van der Waals surface area contributed by atoms with Crippen molar-refractivity contribution in [3.05, 3.63) is 99.0 Å². The third kappa shape index (κ3) is 8.54. The number of benzene rings is 3. The van der Waals surface area contributed by atoms with Gasteiger partial charge in [0.1, 0.15) is 13.2 Å². The Hall–Kier alpha value is -3.49. The maximum Gasteiger partial charge on any atom is 0.338 e. The summed E-state index contributed by atoms with van der Waals surface area (Å²) in [5, 5.41) is 0. The number of halogens is 1. The minimum Gasteiger partial charge on any atom is -0.462 e. The molecule has 0 heterocycles. The number of carbonyl (C=O) groups is 3. The number of rotatable bonds is 13. The van der Waals surface area contributed by atoms with Crippen molar-refractivity contribution < 1.29 is 23.9 Å².